The summed E-state index contributed by atoms with van der Waals surface area (Å²) >= 11 is 0. The molecule has 4 heteroatoms. The highest BCUT2D eigenvalue weighted by Gasteiger charge is 2.21. The molecule has 2 atom stereocenters. The molecule has 1 heterocycles. The lowest BCUT2D eigenvalue weighted by Gasteiger charge is -2.22. The van der Waals surface area contributed by atoms with Gasteiger partial charge in [-0.15, -0.1) is 0 Å². The number of hydrogen-bond acceptors (Lipinski definition) is 3. The quantitative estimate of drug-likeness (QED) is 0.719. The summed E-state index contributed by atoms with van der Waals surface area (Å²) in [6.45, 7) is 3.64. The zero-order chi connectivity index (χ0) is 12.3. The first kappa shape index (κ1) is 12.1. The largest absolute Gasteiger partial charge is 0.368 e. The Morgan fingerprint density at radius 3 is 3.06 bits per heavy atom. The maximum atomic E-state index is 11.1. The fourth-order valence-electron chi connectivity index (χ4n) is 2.22. The Balaban J connectivity index is 2.20. The van der Waals surface area contributed by atoms with E-state index in [1.54, 1.807) is 0 Å². The predicted octanol–water partition coefficient (Wildman–Crippen LogP) is 0.684. The van der Waals surface area contributed by atoms with Gasteiger partial charge in [-0.1, -0.05) is 24.3 Å². The summed E-state index contributed by atoms with van der Waals surface area (Å²) in [6.07, 6.45) is 0.967. The minimum Gasteiger partial charge on any atom is -0.368 e. The first-order valence-electron chi connectivity index (χ1n) is 6.02. The fourth-order valence-corrected chi connectivity index (χ4v) is 2.22. The molecule has 1 aromatic carbocycles. The van der Waals surface area contributed by atoms with E-state index in [9.17, 15) is 4.79 Å². The van der Waals surface area contributed by atoms with Crippen LogP contribution in [0, 0.1) is 0 Å². The van der Waals surface area contributed by atoms with Crippen molar-refractivity contribution in [1.82, 2.24) is 10.6 Å². The third-order valence-corrected chi connectivity index (χ3v) is 3.23. The van der Waals surface area contributed by atoms with Gasteiger partial charge in [-0.2, -0.15) is 0 Å². The van der Waals surface area contributed by atoms with Gasteiger partial charge in [0.25, 0.3) is 0 Å². The second kappa shape index (κ2) is 5.29. The van der Waals surface area contributed by atoms with Crippen LogP contribution in [-0.4, -0.2) is 18.5 Å². The highest BCUT2D eigenvalue weighted by Crippen LogP contribution is 2.23. The number of nitrogens with two attached hydrogens (primary N) is 1. The summed E-state index contributed by atoms with van der Waals surface area (Å²) in [5.41, 5.74) is 7.86. The Bertz CT molecular complexity index is 405. The molecule has 17 heavy (non-hydrogen) atoms. The SMILES string of the molecule is CC(NC1CCNCc2ccccc21)C(N)=O. The molecule has 0 fully saturated rings. The molecule has 1 aliphatic heterocycles. The molecular formula is C13H19N3O. The number of carbonyl (C=O) groups is 1. The molecule has 0 saturated heterocycles. The van der Waals surface area contributed by atoms with Crippen LogP contribution >= 0.6 is 0 Å². The lowest BCUT2D eigenvalue weighted by molar-refractivity contribution is -0.119. The number of benzene rings is 1. The van der Waals surface area contributed by atoms with Crippen molar-refractivity contribution in [3.63, 3.8) is 0 Å². The normalized spacial score (nSPS) is 21.4. The van der Waals surface area contributed by atoms with Gasteiger partial charge in [-0.3, -0.25) is 10.1 Å². The summed E-state index contributed by atoms with van der Waals surface area (Å²) in [5.74, 6) is -0.306. The maximum absolute atomic E-state index is 11.1. The Kier molecular flexibility index (Phi) is 3.76. The third kappa shape index (κ3) is 2.84. The first-order valence-corrected chi connectivity index (χ1v) is 6.02. The smallest absolute Gasteiger partial charge is 0.234 e. The molecule has 0 bridgehead atoms. The van der Waals surface area contributed by atoms with Crippen molar-refractivity contribution >= 4 is 5.91 Å². The first-order chi connectivity index (χ1) is 8.18. The zero-order valence-corrected chi connectivity index (χ0v) is 10.1. The Labute approximate surface area is 102 Å². The summed E-state index contributed by atoms with van der Waals surface area (Å²) in [5, 5.41) is 6.68. The number of carbonyl (C=O) groups excluding carboxylic acids is 1. The molecule has 0 spiro atoms. The number of hydrogen-bond donors (Lipinski definition) is 3. The minimum atomic E-state index is -0.306. The second-order valence-corrected chi connectivity index (χ2v) is 4.51. The van der Waals surface area contributed by atoms with Gasteiger partial charge in [0, 0.05) is 12.6 Å². The van der Waals surface area contributed by atoms with Crippen molar-refractivity contribution in [3.8, 4) is 0 Å². The number of primary amides is 1. The summed E-state index contributed by atoms with van der Waals surface area (Å²) in [4.78, 5) is 11.1. The van der Waals surface area contributed by atoms with Crippen molar-refractivity contribution in [1.29, 1.82) is 0 Å². The van der Waals surface area contributed by atoms with Crippen molar-refractivity contribution in [2.75, 3.05) is 6.54 Å². The van der Waals surface area contributed by atoms with Crippen LogP contribution in [0.25, 0.3) is 0 Å². The van der Waals surface area contributed by atoms with Crippen LogP contribution < -0.4 is 16.4 Å². The predicted molar refractivity (Wildman–Crippen MR) is 67.3 cm³/mol. The van der Waals surface area contributed by atoms with Crippen molar-refractivity contribution in [3.05, 3.63) is 35.4 Å². The molecule has 1 aromatic rings. The Morgan fingerprint density at radius 2 is 2.29 bits per heavy atom. The van der Waals surface area contributed by atoms with Gasteiger partial charge in [0.1, 0.15) is 0 Å². The number of amides is 1. The minimum absolute atomic E-state index is 0.198. The summed E-state index contributed by atoms with van der Waals surface area (Å²) < 4.78 is 0. The van der Waals surface area contributed by atoms with Crippen LogP contribution in [0.5, 0.6) is 0 Å². The maximum Gasteiger partial charge on any atom is 0.234 e. The van der Waals surface area contributed by atoms with E-state index >= 15 is 0 Å². The van der Waals surface area contributed by atoms with E-state index in [0.717, 1.165) is 19.5 Å². The van der Waals surface area contributed by atoms with E-state index in [-0.39, 0.29) is 18.0 Å². The van der Waals surface area contributed by atoms with Crippen molar-refractivity contribution < 1.29 is 4.79 Å². The molecule has 2 rings (SSSR count). The highest BCUT2D eigenvalue weighted by atomic mass is 16.1. The average Bonchev–Trinajstić information content (AvgIpc) is 2.52. The van der Waals surface area contributed by atoms with E-state index in [1.165, 1.54) is 11.1 Å². The van der Waals surface area contributed by atoms with Crippen LogP contribution in [0.15, 0.2) is 24.3 Å². The van der Waals surface area contributed by atoms with Crippen LogP contribution in [0.3, 0.4) is 0 Å². The van der Waals surface area contributed by atoms with Crippen LogP contribution in [0.1, 0.15) is 30.5 Å². The molecule has 0 saturated carbocycles. The van der Waals surface area contributed by atoms with Crippen LogP contribution in [-0.2, 0) is 11.3 Å². The lowest BCUT2D eigenvalue weighted by atomic mass is 9.98. The average molecular weight is 233 g/mol. The van der Waals surface area contributed by atoms with Gasteiger partial charge in [-0.05, 0) is 31.0 Å². The molecule has 1 amide bonds. The molecule has 92 valence electrons. The van der Waals surface area contributed by atoms with Gasteiger partial charge in [0.15, 0.2) is 0 Å². The third-order valence-electron chi connectivity index (χ3n) is 3.23. The van der Waals surface area contributed by atoms with E-state index < -0.39 is 0 Å². The molecule has 0 aliphatic carbocycles. The number of rotatable bonds is 3. The Hall–Kier alpha value is -1.39. The van der Waals surface area contributed by atoms with Crippen molar-refractivity contribution in [2.24, 2.45) is 5.73 Å². The summed E-state index contributed by atoms with van der Waals surface area (Å²) in [6, 6.07) is 8.22. The molecule has 2 unspecified atom stereocenters. The molecule has 4 nitrogen and oxygen atoms in total. The highest BCUT2D eigenvalue weighted by molar-refractivity contribution is 5.79. The van der Waals surface area contributed by atoms with Crippen LogP contribution in [0.4, 0.5) is 0 Å². The molecule has 0 radical (unpaired) electrons. The second-order valence-electron chi connectivity index (χ2n) is 4.51. The van der Waals surface area contributed by atoms with E-state index in [0.29, 0.717) is 0 Å². The van der Waals surface area contributed by atoms with Gasteiger partial charge in [0.2, 0.25) is 5.91 Å². The number of nitrogens with one attached hydrogen (secondary N) is 2. The van der Waals surface area contributed by atoms with Gasteiger partial charge >= 0.3 is 0 Å². The molecule has 1 aliphatic rings. The van der Waals surface area contributed by atoms with E-state index in [1.807, 2.05) is 19.1 Å². The van der Waals surface area contributed by atoms with Gasteiger partial charge in [0.05, 0.1) is 6.04 Å². The fraction of sp³-hybridized carbons (Fsp3) is 0.462. The van der Waals surface area contributed by atoms with E-state index in [4.69, 9.17) is 5.73 Å². The Morgan fingerprint density at radius 1 is 1.53 bits per heavy atom. The van der Waals surface area contributed by atoms with Gasteiger partial charge < -0.3 is 11.1 Å². The standard InChI is InChI=1S/C13H19N3O/c1-9(13(14)17)16-12-6-7-15-8-10-4-2-3-5-11(10)12/h2-5,9,12,15-16H,6-8H2,1H3,(H2,14,17). The lowest BCUT2D eigenvalue weighted by Crippen LogP contribution is -2.41. The van der Waals surface area contributed by atoms with Crippen molar-refractivity contribution in [2.45, 2.75) is 32.0 Å². The zero-order valence-electron chi connectivity index (χ0n) is 10.1. The molecular weight excluding hydrogens is 214 g/mol. The molecule has 4 N–H and O–H groups in total. The topological polar surface area (TPSA) is 67.2 Å². The van der Waals surface area contributed by atoms with Gasteiger partial charge in [-0.25, -0.2) is 0 Å². The summed E-state index contributed by atoms with van der Waals surface area (Å²) in [7, 11) is 0. The molecule has 0 aromatic heterocycles. The van der Waals surface area contributed by atoms with Crippen LogP contribution in [0.2, 0.25) is 0 Å². The monoisotopic (exact) mass is 233 g/mol. The number of fused-ring (bicyclic) bond motifs is 1. The van der Waals surface area contributed by atoms with E-state index in [2.05, 4.69) is 22.8 Å².